The first-order valence-electron chi connectivity index (χ1n) is 16.5. The number of benzene rings is 1. The summed E-state index contributed by atoms with van der Waals surface area (Å²) in [4.78, 5) is 20.4. The first kappa shape index (κ1) is 36.5. The van der Waals surface area contributed by atoms with Crippen molar-refractivity contribution < 1.29 is 46.0 Å². The lowest BCUT2D eigenvalue weighted by atomic mass is 9.92. The van der Waals surface area contributed by atoms with Crippen LogP contribution >= 0.6 is 0 Å². The van der Waals surface area contributed by atoms with Crippen LogP contribution in [0.25, 0.3) is 5.65 Å². The van der Waals surface area contributed by atoms with Crippen LogP contribution in [0, 0.1) is 12.7 Å². The van der Waals surface area contributed by atoms with Gasteiger partial charge in [-0.2, -0.15) is 22.8 Å². The van der Waals surface area contributed by atoms with Crippen LogP contribution < -0.4 is 9.64 Å². The molecule has 3 aliphatic heterocycles. The zero-order valence-corrected chi connectivity index (χ0v) is 28.7. The molecule has 0 saturated carbocycles. The number of fused-ring (bicyclic) bond motifs is 9. The third kappa shape index (κ3) is 8.89. The van der Waals surface area contributed by atoms with Crippen molar-refractivity contribution in [3.8, 4) is 5.75 Å². The lowest BCUT2D eigenvalue weighted by Gasteiger charge is -2.41. The van der Waals surface area contributed by atoms with Gasteiger partial charge in [-0.05, 0) is 72.9 Å². The fourth-order valence-electron chi connectivity index (χ4n) is 5.94. The number of hydrogen-bond acceptors (Lipinski definition) is 9. The third-order valence-corrected chi connectivity index (χ3v) is 8.37. The molecule has 0 spiro atoms. The quantitative estimate of drug-likeness (QED) is 0.163. The summed E-state index contributed by atoms with van der Waals surface area (Å²) in [7, 11) is 0. The van der Waals surface area contributed by atoms with E-state index in [0.29, 0.717) is 54.3 Å². The Morgan fingerprint density at radius 3 is 2.55 bits per heavy atom. The fourth-order valence-corrected chi connectivity index (χ4v) is 5.94. The largest absolute Gasteiger partial charge is 0.476 e. The number of halogens is 4. The Hall–Kier alpha value is -3.75. The molecule has 0 aliphatic carbocycles. The van der Waals surface area contributed by atoms with Crippen molar-refractivity contribution in [3.05, 3.63) is 64.7 Å². The first-order chi connectivity index (χ1) is 23.1. The summed E-state index contributed by atoms with van der Waals surface area (Å²) in [5.41, 5.74) is 1.08. The van der Waals surface area contributed by atoms with E-state index in [-0.39, 0.29) is 44.2 Å². The number of ether oxygens (including phenoxy) is 5. The number of aromatic nitrogens is 3. The van der Waals surface area contributed by atoms with Gasteiger partial charge in [0.15, 0.2) is 11.8 Å². The molecule has 5 heterocycles. The summed E-state index contributed by atoms with van der Waals surface area (Å²) in [5, 5.41) is 4.82. The van der Waals surface area contributed by atoms with Crippen LogP contribution in [0.15, 0.2) is 36.4 Å². The number of aryl methyl sites for hydroxylation is 1. The Labute approximate surface area is 283 Å². The van der Waals surface area contributed by atoms with Gasteiger partial charge < -0.3 is 28.6 Å². The van der Waals surface area contributed by atoms with E-state index in [1.165, 1.54) is 12.1 Å². The maximum atomic E-state index is 14.2. The summed E-state index contributed by atoms with van der Waals surface area (Å²) < 4.78 is 87.0. The molecular weight excluding hydrogens is 648 g/mol. The van der Waals surface area contributed by atoms with E-state index in [2.05, 4.69) is 4.90 Å². The molecule has 0 radical (unpaired) electrons. The molecule has 10 nitrogen and oxygen atoms in total. The van der Waals surface area contributed by atoms with E-state index in [4.69, 9.17) is 33.8 Å². The van der Waals surface area contributed by atoms with E-state index in [1.807, 2.05) is 34.6 Å². The molecule has 2 aromatic heterocycles. The van der Waals surface area contributed by atoms with Crippen LogP contribution in [0.3, 0.4) is 0 Å². The summed E-state index contributed by atoms with van der Waals surface area (Å²) in [6.45, 7) is 12.3. The van der Waals surface area contributed by atoms with Gasteiger partial charge in [0.2, 0.25) is 6.10 Å². The van der Waals surface area contributed by atoms with Gasteiger partial charge in [-0.3, -0.25) is 0 Å². The molecule has 4 bridgehead atoms. The SMILES string of the molecule is CCOC(=O)[C@@H](OC(C)(C)C)c1c(C)nc2cc3nn2c1N1CCC(C)(CC1)OCC/C=C/C(C(F)(F)F)Oc1cc(F)ccc1COC3. The predicted molar refractivity (Wildman–Crippen MR) is 173 cm³/mol. The average Bonchev–Trinajstić information content (AvgIpc) is 3.41. The van der Waals surface area contributed by atoms with Crippen molar-refractivity contribution in [2.45, 2.75) is 104 Å². The van der Waals surface area contributed by atoms with Crippen molar-refractivity contribution in [2.24, 2.45) is 0 Å². The van der Waals surface area contributed by atoms with E-state index in [0.717, 1.165) is 18.2 Å². The van der Waals surface area contributed by atoms with Crippen LogP contribution in [0.5, 0.6) is 5.75 Å². The number of alkyl halides is 3. The second kappa shape index (κ2) is 14.6. The van der Waals surface area contributed by atoms with Gasteiger partial charge in [0.1, 0.15) is 17.4 Å². The second-order valence-corrected chi connectivity index (χ2v) is 13.5. The number of rotatable bonds is 4. The Kier molecular flexibility index (Phi) is 10.9. The van der Waals surface area contributed by atoms with Crippen LogP contribution in [0.4, 0.5) is 23.4 Å². The highest BCUT2D eigenvalue weighted by Crippen LogP contribution is 2.38. The maximum Gasteiger partial charge on any atom is 0.429 e. The van der Waals surface area contributed by atoms with Gasteiger partial charge in [-0.1, -0.05) is 12.1 Å². The minimum Gasteiger partial charge on any atom is -0.476 e. The molecule has 6 rings (SSSR count). The summed E-state index contributed by atoms with van der Waals surface area (Å²) >= 11 is 0. The molecule has 3 aromatic rings. The highest BCUT2D eigenvalue weighted by Gasteiger charge is 2.41. The molecule has 1 unspecified atom stereocenters. The van der Waals surface area contributed by atoms with Crippen molar-refractivity contribution in [1.82, 2.24) is 14.6 Å². The molecular formula is C35H44F4N4O6. The van der Waals surface area contributed by atoms with Gasteiger partial charge in [0.05, 0.1) is 48.9 Å². The molecule has 49 heavy (non-hydrogen) atoms. The van der Waals surface area contributed by atoms with Crippen molar-refractivity contribution in [2.75, 3.05) is 31.2 Å². The molecule has 3 aliphatic rings. The number of piperidine rings is 1. The summed E-state index contributed by atoms with van der Waals surface area (Å²) in [6.07, 6.45) is -4.43. The molecule has 0 N–H and O–H groups in total. The van der Waals surface area contributed by atoms with Gasteiger partial charge >= 0.3 is 12.1 Å². The monoisotopic (exact) mass is 692 g/mol. The van der Waals surface area contributed by atoms with Crippen LogP contribution in [0.1, 0.15) is 82.5 Å². The Bertz CT molecular complexity index is 1660. The third-order valence-electron chi connectivity index (χ3n) is 8.37. The van der Waals surface area contributed by atoms with Crippen molar-refractivity contribution in [3.63, 3.8) is 0 Å². The van der Waals surface area contributed by atoms with Crippen LogP contribution in [-0.2, 0) is 37.0 Å². The molecule has 1 aromatic carbocycles. The fraction of sp³-hybridized carbons (Fsp3) is 0.571. The van der Waals surface area contributed by atoms with E-state index in [1.54, 1.807) is 17.5 Å². The molecule has 0 amide bonds. The van der Waals surface area contributed by atoms with Crippen molar-refractivity contribution >= 4 is 17.4 Å². The summed E-state index contributed by atoms with van der Waals surface area (Å²) in [6, 6.07) is 5.12. The number of nitrogens with zero attached hydrogens (tertiary/aromatic N) is 4. The Morgan fingerprint density at radius 1 is 1.14 bits per heavy atom. The van der Waals surface area contributed by atoms with Gasteiger partial charge in [-0.15, -0.1) is 0 Å². The summed E-state index contributed by atoms with van der Waals surface area (Å²) in [5.74, 6) is -0.920. The topological polar surface area (TPSA) is 96.7 Å². The van der Waals surface area contributed by atoms with Gasteiger partial charge in [0, 0.05) is 36.5 Å². The maximum absolute atomic E-state index is 14.2. The minimum atomic E-state index is -4.74. The highest BCUT2D eigenvalue weighted by molar-refractivity contribution is 5.80. The molecule has 14 heteroatoms. The van der Waals surface area contributed by atoms with E-state index < -0.39 is 41.4 Å². The smallest absolute Gasteiger partial charge is 0.429 e. The molecule has 2 atom stereocenters. The predicted octanol–water partition coefficient (Wildman–Crippen LogP) is 6.96. The zero-order valence-electron chi connectivity index (χ0n) is 28.7. The second-order valence-electron chi connectivity index (χ2n) is 13.5. The number of carbonyl (C=O) groups is 1. The van der Waals surface area contributed by atoms with Gasteiger partial charge in [0.25, 0.3) is 0 Å². The van der Waals surface area contributed by atoms with Crippen LogP contribution in [0.2, 0.25) is 0 Å². The lowest BCUT2D eigenvalue weighted by molar-refractivity contribution is -0.180. The molecule has 1 saturated heterocycles. The number of carbonyl (C=O) groups excluding carboxylic acids is 1. The van der Waals surface area contributed by atoms with E-state index in [9.17, 15) is 22.4 Å². The normalized spacial score (nSPS) is 22.4. The Balaban J connectivity index is 1.58. The molecule has 1 fully saturated rings. The molecule has 268 valence electrons. The Morgan fingerprint density at radius 2 is 1.88 bits per heavy atom. The lowest BCUT2D eigenvalue weighted by Crippen LogP contribution is -2.46. The van der Waals surface area contributed by atoms with E-state index >= 15 is 0 Å². The van der Waals surface area contributed by atoms with Crippen LogP contribution in [-0.4, -0.2) is 70.4 Å². The van der Waals surface area contributed by atoms with Gasteiger partial charge in [-0.25, -0.2) is 14.2 Å². The average molecular weight is 693 g/mol. The number of anilines is 1. The van der Waals surface area contributed by atoms with Crippen molar-refractivity contribution in [1.29, 1.82) is 0 Å². The standard InChI is InChI=1S/C35H44F4N4O6/c1-7-46-32(44)30(49-33(3,4)5)29-22(2)40-28-19-25-21-45-20-23-11-12-24(36)18-26(23)48-27(35(37,38)39)10-8-9-17-47-34(6)13-15-42(16-14-34)31(29)43(28)41-25/h8,10-12,18-19,27,30H,7,9,13-17,20-21H2,1-6H3/b10-8+/t27?,30-/m0/s1. The first-order valence-corrected chi connectivity index (χ1v) is 16.5. The minimum absolute atomic E-state index is 0.0394. The number of hydrogen-bond donors (Lipinski definition) is 0. The zero-order chi connectivity index (χ0) is 35.6. The highest BCUT2D eigenvalue weighted by atomic mass is 19.4. The number of esters is 1.